The van der Waals surface area contributed by atoms with Gasteiger partial charge < -0.3 is 5.11 Å². The van der Waals surface area contributed by atoms with Gasteiger partial charge in [0.2, 0.25) is 0 Å². The van der Waals surface area contributed by atoms with Crippen LogP contribution in [0.1, 0.15) is 45.2 Å². The Bertz CT molecular complexity index is 3510. The first kappa shape index (κ1) is 43.7. The number of hydrogen-bond donors (Lipinski definition) is 1. The molecular formula is C64H52N2O2. The SMILES string of the molecule is C/C(O)=C/C(=O)CCc1ccccc1-c1cc(-c2ccccc2-c2ccc(-c3ncc(C(C)(C)C)c4ccccc34)cc2)cc(-c2ccccc2-c2ccc(-c3cccc4ccccc34)nc2)c1. The van der Waals surface area contributed by atoms with E-state index in [-0.39, 0.29) is 23.4 Å². The summed E-state index contributed by atoms with van der Waals surface area (Å²) in [5.41, 5.74) is 17.1. The van der Waals surface area contributed by atoms with Crippen molar-refractivity contribution in [1.29, 1.82) is 0 Å². The number of rotatable bonds is 11. The largest absolute Gasteiger partial charge is 0.512 e. The average molecular weight is 881 g/mol. The maximum absolute atomic E-state index is 12.8. The van der Waals surface area contributed by atoms with Gasteiger partial charge in [-0.05, 0) is 120 Å². The molecule has 4 heteroatoms. The van der Waals surface area contributed by atoms with Crippen LogP contribution in [-0.4, -0.2) is 20.9 Å². The minimum absolute atomic E-state index is 0.0194. The normalized spacial score (nSPS) is 11.9. The van der Waals surface area contributed by atoms with Crippen LogP contribution in [0.15, 0.2) is 218 Å². The average Bonchev–Trinajstić information content (AvgIpc) is 3.37. The molecule has 10 rings (SSSR count). The van der Waals surface area contributed by atoms with Crippen molar-refractivity contribution < 1.29 is 9.90 Å². The predicted molar refractivity (Wildman–Crippen MR) is 284 cm³/mol. The highest BCUT2D eigenvalue weighted by atomic mass is 16.3. The maximum Gasteiger partial charge on any atom is 0.159 e. The van der Waals surface area contributed by atoms with Crippen molar-refractivity contribution in [2.45, 2.75) is 46.0 Å². The molecule has 0 fully saturated rings. The molecule has 0 saturated carbocycles. The molecule has 68 heavy (non-hydrogen) atoms. The Kier molecular flexibility index (Phi) is 11.9. The summed E-state index contributed by atoms with van der Waals surface area (Å²) < 4.78 is 0. The van der Waals surface area contributed by atoms with Gasteiger partial charge in [-0.2, -0.15) is 0 Å². The van der Waals surface area contributed by atoms with Crippen molar-refractivity contribution in [3.05, 3.63) is 229 Å². The van der Waals surface area contributed by atoms with E-state index in [1.54, 1.807) is 0 Å². The first-order valence-corrected chi connectivity index (χ1v) is 23.3. The summed E-state index contributed by atoms with van der Waals surface area (Å²) in [6.45, 7) is 8.25. The molecule has 0 atom stereocenters. The predicted octanol–water partition coefficient (Wildman–Crippen LogP) is 16.7. The lowest BCUT2D eigenvalue weighted by molar-refractivity contribution is -0.114. The fourth-order valence-corrected chi connectivity index (χ4v) is 9.64. The zero-order valence-corrected chi connectivity index (χ0v) is 38.9. The molecule has 4 nitrogen and oxygen atoms in total. The molecule has 0 spiro atoms. The van der Waals surface area contributed by atoms with Gasteiger partial charge in [-0.15, -0.1) is 0 Å². The van der Waals surface area contributed by atoms with Crippen LogP contribution in [0, 0.1) is 0 Å². The van der Waals surface area contributed by atoms with Crippen LogP contribution in [0.25, 0.3) is 99.7 Å². The molecular weight excluding hydrogens is 829 g/mol. The van der Waals surface area contributed by atoms with Gasteiger partial charge in [0, 0.05) is 47.0 Å². The van der Waals surface area contributed by atoms with E-state index in [0.717, 1.165) is 89.1 Å². The molecule has 0 aliphatic carbocycles. The Morgan fingerprint density at radius 1 is 0.485 bits per heavy atom. The third-order valence-electron chi connectivity index (χ3n) is 13.0. The molecule has 2 heterocycles. The molecule has 0 bridgehead atoms. The third-order valence-corrected chi connectivity index (χ3v) is 13.0. The summed E-state index contributed by atoms with van der Waals surface area (Å²) in [5.74, 6) is -0.0833. The molecule has 0 aliphatic heterocycles. The van der Waals surface area contributed by atoms with Crippen LogP contribution < -0.4 is 0 Å². The van der Waals surface area contributed by atoms with Crippen molar-refractivity contribution in [2.24, 2.45) is 0 Å². The lowest BCUT2D eigenvalue weighted by atomic mass is 9.84. The van der Waals surface area contributed by atoms with Gasteiger partial charge in [0.05, 0.1) is 17.1 Å². The minimum Gasteiger partial charge on any atom is -0.512 e. The number of ketones is 1. The summed E-state index contributed by atoms with van der Waals surface area (Å²) in [7, 11) is 0. The highest BCUT2D eigenvalue weighted by molar-refractivity contribution is 5.99. The summed E-state index contributed by atoms with van der Waals surface area (Å²) >= 11 is 0. The number of allylic oxidation sites excluding steroid dienone is 2. The first-order valence-electron chi connectivity index (χ1n) is 23.3. The molecule has 0 saturated heterocycles. The van der Waals surface area contributed by atoms with E-state index in [0.29, 0.717) is 6.42 Å². The van der Waals surface area contributed by atoms with Crippen molar-refractivity contribution in [2.75, 3.05) is 0 Å². The summed E-state index contributed by atoms with van der Waals surface area (Å²) in [6, 6.07) is 68.9. The van der Waals surface area contributed by atoms with Crippen LogP contribution in [0.5, 0.6) is 0 Å². The van der Waals surface area contributed by atoms with Crippen molar-refractivity contribution >= 4 is 27.3 Å². The lowest BCUT2D eigenvalue weighted by Gasteiger charge is -2.22. The minimum atomic E-state index is -0.103. The molecule has 0 radical (unpaired) electrons. The molecule has 8 aromatic carbocycles. The highest BCUT2D eigenvalue weighted by Gasteiger charge is 2.20. The zero-order chi connectivity index (χ0) is 46.8. The molecule has 0 amide bonds. The van der Waals surface area contributed by atoms with Crippen LogP contribution in [0.2, 0.25) is 0 Å². The third kappa shape index (κ3) is 8.89. The number of carbonyl (C=O) groups excluding carboxylic acids is 1. The van der Waals surface area contributed by atoms with Gasteiger partial charge in [0.25, 0.3) is 0 Å². The van der Waals surface area contributed by atoms with E-state index < -0.39 is 0 Å². The molecule has 330 valence electrons. The number of aryl methyl sites for hydroxylation is 1. The summed E-state index contributed by atoms with van der Waals surface area (Å²) in [4.78, 5) is 22.9. The van der Waals surface area contributed by atoms with Gasteiger partial charge in [0.1, 0.15) is 0 Å². The number of nitrogens with zero attached hydrogens (tertiary/aromatic N) is 2. The Morgan fingerprint density at radius 2 is 0.985 bits per heavy atom. The smallest absolute Gasteiger partial charge is 0.159 e. The second-order valence-electron chi connectivity index (χ2n) is 18.7. The fraction of sp³-hybridized carbons (Fsp3) is 0.109. The van der Waals surface area contributed by atoms with Gasteiger partial charge in [0.15, 0.2) is 5.78 Å². The van der Waals surface area contributed by atoms with Crippen molar-refractivity contribution in [1.82, 2.24) is 9.97 Å². The molecule has 1 N–H and O–H groups in total. The van der Waals surface area contributed by atoms with Crippen LogP contribution in [-0.2, 0) is 16.6 Å². The Labute approximate surface area is 399 Å². The monoisotopic (exact) mass is 880 g/mol. The molecule has 10 aromatic rings. The van der Waals surface area contributed by atoms with Crippen molar-refractivity contribution in [3.8, 4) is 78.1 Å². The summed E-state index contributed by atoms with van der Waals surface area (Å²) in [6.07, 6.45) is 6.18. The van der Waals surface area contributed by atoms with E-state index in [9.17, 15) is 9.90 Å². The molecule has 2 aromatic heterocycles. The number of benzene rings is 8. The van der Waals surface area contributed by atoms with E-state index in [1.165, 1.54) is 34.7 Å². The lowest BCUT2D eigenvalue weighted by Crippen LogP contribution is -2.12. The van der Waals surface area contributed by atoms with Gasteiger partial charge in [-0.25, -0.2) is 0 Å². The van der Waals surface area contributed by atoms with E-state index in [1.807, 2.05) is 18.5 Å². The number of carbonyl (C=O) groups is 1. The second kappa shape index (κ2) is 18.6. The van der Waals surface area contributed by atoms with Crippen LogP contribution in [0.3, 0.4) is 0 Å². The highest BCUT2D eigenvalue weighted by Crippen LogP contribution is 2.42. The first-order chi connectivity index (χ1) is 33.1. The maximum atomic E-state index is 12.8. The number of pyridine rings is 2. The van der Waals surface area contributed by atoms with Crippen LogP contribution >= 0.6 is 0 Å². The van der Waals surface area contributed by atoms with Crippen molar-refractivity contribution in [3.63, 3.8) is 0 Å². The van der Waals surface area contributed by atoms with E-state index >= 15 is 0 Å². The van der Waals surface area contributed by atoms with Crippen LogP contribution in [0.4, 0.5) is 0 Å². The number of aliphatic hydroxyl groups excluding tert-OH is 1. The number of fused-ring (bicyclic) bond motifs is 2. The summed E-state index contributed by atoms with van der Waals surface area (Å²) in [5, 5.41) is 14.6. The zero-order valence-electron chi connectivity index (χ0n) is 38.9. The van der Waals surface area contributed by atoms with Gasteiger partial charge in [-0.3, -0.25) is 14.8 Å². The topological polar surface area (TPSA) is 63.1 Å². The number of aliphatic hydroxyl groups is 1. The second-order valence-corrected chi connectivity index (χ2v) is 18.7. The molecule has 0 unspecified atom stereocenters. The Hall–Kier alpha value is -8.21. The van der Waals surface area contributed by atoms with E-state index in [2.05, 4.69) is 209 Å². The Balaban J connectivity index is 1.08. The van der Waals surface area contributed by atoms with Gasteiger partial charge >= 0.3 is 0 Å². The fourth-order valence-electron chi connectivity index (χ4n) is 9.64. The number of hydrogen-bond acceptors (Lipinski definition) is 4. The quantitative estimate of drug-likeness (QED) is 0.104. The van der Waals surface area contributed by atoms with E-state index in [4.69, 9.17) is 9.97 Å². The van der Waals surface area contributed by atoms with Gasteiger partial charge in [-0.1, -0.05) is 191 Å². The Morgan fingerprint density at radius 3 is 1.62 bits per heavy atom. The molecule has 0 aliphatic rings. The number of aromatic nitrogens is 2. The standard InChI is InChI=1S/C64H52N2O2/c1-42(67)36-51(68)34-32-44-17-5-7-19-52(44)48-37-49(39-50(38-48)57-24-12-10-22-55(57)47-33-35-62(65-40-47)59-27-15-18-43-16-6-8-21-54(43)59)56-23-11-9-20-53(56)45-28-30-46(31-29-45)63-60-26-14-13-25-58(60)61(41-66-63)64(2,3)4/h5-31,33,35-41,67H,32,34H2,1-4H3/b42-36-.